The first-order valence-corrected chi connectivity index (χ1v) is 7.74. The molecule has 0 aliphatic heterocycles. The molecular formula is C13H5Br3F4. The van der Waals surface area contributed by atoms with E-state index in [4.69, 9.17) is 0 Å². The molecule has 2 aromatic rings. The van der Waals surface area contributed by atoms with Gasteiger partial charge in [0.2, 0.25) is 0 Å². The number of hydrogen-bond acceptors (Lipinski definition) is 0. The van der Waals surface area contributed by atoms with Gasteiger partial charge >= 0.3 is 0 Å². The van der Waals surface area contributed by atoms with Crippen LogP contribution < -0.4 is 0 Å². The van der Waals surface area contributed by atoms with Gasteiger partial charge in [-0.1, -0.05) is 31.9 Å². The lowest BCUT2D eigenvalue weighted by Crippen LogP contribution is -2.04. The second-order valence-electron chi connectivity index (χ2n) is 3.93. The van der Waals surface area contributed by atoms with E-state index >= 15 is 0 Å². The van der Waals surface area contributed by atoms with E-state index in [0.717, 1.165) is 24.3 Å². The Hall–Kier alpha value is -0.400. The summed E-state index contributed by atoms with van der Waals surface area (Å²) in [4.78, 5) is -1.14. The fraction of sp³-hybridized carbons (Fsp3) is 0.0769. The van der Waals surface area contributed by atoms with E-state index in [1.54, 1.807) is 0 Å². The van der Waals surface area contributed by atoms with Crippen LogP contribution in [0.3, 0.4) is 0 Å². The Labute approximate surface area is 137 Å². The molecule has 0 nitrogen and oxygen atoms in total. The molecule has 0 bridgehead atoms. The molecule has 0 aromatic heterocycles. The Morgan fingerprint density at radius 2 is 1.30 bits per heavy atom. The van der Waals surface area contributed by atoms with Crippen molar-refractivity contribution in [3.63, 3.8) is 0 Å². The van der Waals surface area contributed by atoms with Crippen molar-refractivity contribution in [2.45, 2.75) is 4.83 Å². The molecule has 0 amide bonds. The zero-order valence-corrected chi connectivity index (χ0v) is 14.3. The highest BCUT2D eigenvalue weighted by Gasteiger charge is 2.24. The molecule has 2 aromatic carbocycles. The first-order chi connectivity index (χ1) is 9.31. The van der Waals surface area contributed by atoms with E-state index in [1.807, 2.05) is 0 Å². The third-order valence-electron chi connectivity index (χ3n) is 2.61. The van der Waals surface area contributed by atoms with Crippen molar-refractivity contribution in [3.8, 4) is 0 Å². The van der Waals surface area contributed by atoms with Crippen molar-refractivity contribution in [3.05, 3.63) is 67.6 Å². The number of hydrogen-bond donors (Lipinski definition) is 0. The van der Waals surface area contributed by atoms with E-state index < -0.39 is 28.1 Å². The molecule has 20 heavy (non-hydrogen) atoms. The van der Waals surface area contributed by atoms with Gasteiger partial charge in [0.15, 0.2) is 0 Å². The summed E-state index contributed by atoms with van der Waals surface area (Å²) in [6.45, 7) is 0. The summed E-state index contributed by atoms with van der Waals surface area (Å²) >= 11 is 8.80. The normalized spacial score (nSPS) is 12.6. The molecule has 0 saturated carbocycles. The summed E-state index contributed by atoms with van der Waals surface area (Å²) in [6, 6.07) is 3.91. The maximum atomic E-state index is 13.8. The minimum Gasteiger partial charge on any atom is -0.207 e. The lowest BCUT2D eigenvalue weighted by Gasteiger charge is -2.14. The Morgan fingerprint density at radius 3 is 1.85 bits per heavy atom. The Kier molecular flexibility index (Phi) is 4.92. The van der Waals surface area contributed by atoms with Crippen LogP contribution in [0.15, 0.2) is 33.2 Å². The predicted octanol–water partition coefficient (Wildman–Crippen LogP) is 6.25. The predicted molar refractivity (Wildman–Crippen MR) is 78.9 cm³/mol. The topological polar surface area (TPSA) is 0 Å². The summed E-state index contributed by atoms with van der Waals surface area (Å²) in [5.41, 5.74) is -0.570. The van der Waals surface area contributed by atoms with Crippen LogP contribution in [0.2, 0.25) is 0 Å². The van der Waals surface area contributed by atoms with Crippen LogP contribution in [0.25, 0.3) is 0 Å². The van der Waals surface area contributed by atoms with Crippen molar-refractivity contribution in [2.24, 2.45) is 0 Å². The number of benzene rings is 2. The van der Waals surface area contributed by atoms with Gasteiger partial charge in [0.1, 0.15) is 23.3 Å². The number of rotatable bonds is 2. The third kappa shape index (κ3) is 3.09. The molecule has 0 saturated heterocycles. The molecule has 0 heterocycles. The van der Waals surface area contributed by atoms with E-state index in [-0.39, 0.29) is 20.1 Å². The fourth-order valence-electron chi connectivity index (χ4n) is 1.68. The highest BCUT2D eigenvalue weighted by Crippen LogP contribution is 2.38. The molecule has 106 valence electrons. The summed E-state index contributed by atoms with van der Waals surface area (Å²) in [5.74, 6) is -3.21. The third-order valence-corrected chi connectivity index (χ3v) is 4.63. The monoisotopic (exact) mass is 474 g/mol. The van der Waals surface area contributed by atoms with Crippen molar-refractivity contribution in [1.82, 2.24) is 0 Å². The van der Waals surface area contributed by atoms with Gasteiger partial charge in [-0.3, -0.25) is 0 Å². The number of alkyl halides is 1. The second kappa shape index (κ2) is 6.15. The largest absolute Gasteiger partial charge is 0.207 e. The minimum absolute atomic E-state index is 0.0600. The standard InChI is InChI=1S/C13H5Br3F4/c14-5-1-10(19)12(11(20)2-5)13(16)6-3-9(18)7(15)4-8(6)17/h1-4,13H. The molecule has 1 unspecified atom stereocenters. The quantitative estimate of drug-likeness (QED) is 0.273. The Morgan fingerprint density at radius 1 is 0.750 bits per heavy atom. The second-order valence-corrected chi connectivity index (χ2v) is 6.62. The maximum Gasteiger partial charge on any atom is 0.137 e. The molecule has 0 aliphatic rings. The van der Waals surface area contributed by atoms with Crippen LogP contribution in [0.1, 0.15) is 16.0 Å². The van der Waals surface area contributed by atoms with Crippen LogP contribution in [0, 0.1) is 23.3 Å². The van der Waals surface area contributed by atoms with Crippen LogP contribution in [0.4, 0.5) is 17.6 Å². The summed E-state index contributed by atoms with van der Waals surface area (Å²) < 4.78 is 55.1. The fourth-order valence-corrected chi connectivity index (χ4v) is 3.19. The van der Waals surface area contributed by atoms with Crippen molar-refractivity contribution in [2.75, 3.05) is 0 Å². The average Bonchev–Trinajstić information content (AvgIpc) is 2.32. The molecule has 7 heteroatoms. The Bertz CT molecular complexity index is 650. The summed E-state index contributed by atoms with van der Waals surface area (Å²) in [5, 5.41) is 0. The van der Waals surface area contributed by atoms with Gasteiger partial charge in [0, 0.05) is 15.6 Å². The van der Waals surface area contributed by atoms with Gasteiger partial charge in [-0.25, -0.2) is 17.6 Å². The van der Waals surface area contributed by atoms with Gasteiger partial charge in [-0.15, -0.1) is 0 Å². The molecule has 0 fully saturated rings. The van der Waals surface area contributed by atoms with Gasteiger partial charge in [-0.2, -0.15) is 0 Å². The molecular weight excluding hydrogens is 472 g/mol. The molecule has 2 rings (SSSR count). The lowest BCUT2D eigenvalue weighted by atomic mass is 10.0. The molecule has 0 radical (unpaired) electrons. The van der Waals surface area contributed by atoms with Gasteiger partial charge in [-0.05, 0) is 40.2 Å². The molecule has 0 aliphatic carbocycles. The number of halogens is 7. The van der Waals surface area contributed by atoms with Crippen LogP contribution in [0.5, 0.6) is 0 Å². The summed E-state index contributed by atoms with van der Waals surface area (Å²) in [7, 11) is 0. The SMILES string of the molecule is Fc1cc(C(Br)c2c(F)cc(Br)cc2F)c(F)cc1Br. The van der Waals surface area contributed by atoms with Gasteiger partial charge < -0.3 is 0 Å². The highest BCUT2D eigenvalue weighted by atomic mass is 79.9. The minimum atomic E-state index is -1.14. The van der Waals surface area contributed by atoms with Crippen LogP contribution in [-0.4, -0.2) is 0 Å². The zero-order chi connectivity index (χ0) is 15.0. The molecule has 1 atom stereocenters. The average molecular weight is 477 g/mol. The van der Waals surface area contributed by atoms with E-state index in [9.17, 15) is 17.6 Å². The lowest BCUT2D eigenvalue weighted by molar-refractivity contribution is 0.550. The van der Waals surface area contributed by atoms with Crippen LogP contribution >= 0.6 is 47.8 Å². The molecule has 0 N–H and O–H groups in total. The highest BCUT2D eigenvalue weighted by molar-refractivity contribution is 9.10. The van der Waals surface area contributed by atoms with Crippen molar-refractivity contribution < 1.29 is 17.6 Å². The smallest absolute Gasteiger partial charge is 0.137 e. The van der Waals surface area contributed by atoms with Gasteiger partial charge in [0.05, 0.1) is 9.30 Å². The van der Waals surface area contributed by atoms with E-state index in [0.29, 0.717) is 0 Å². The zero-order valence-electron chi connectivity index (χ0n) is 9.53. The first kappa shape index (κ1) is 16.0. The first-order valence-electron chi connectivity index (χ1n) is 5.24. The van der Waals surface area contributed by atoms with Crippen LogP contribution in [-0.2, 0) is 0 Å². The maximum absolute atomic E-state index is 13.8. The van der Waals surface area contributed by atoms with Crippen molar-refractivity contribution >= 4 is 47.8 Å². The van der Waals surface area contributed by atoms with E-state index in [2.05, 4.69) is 47.8 Å². The van der Waals surface area contributed by atoms with E-state index in [1.165, 1.54) is 0 Å². The summed E-state index contributed by atoms with van der Waals surface area (Å²) in [6.07, 6.45) is 0. The molecule has 0 spiro atoms. The van der Waals surface area contributed by atoms with Gasteiger partial charge in [0.25, 0.3) is 0 Å². The Balaban J connectivity index is 2.57. The van der Waals surface area contributed by atoms with Crippen molar-refractivity contribution in [1.29, 1.82) is 0 Å².